The summed E-state index contributed by atoms with van der Waals surface area (Å²) in [5.41, 5.74) is 0.901. The average Bonchev–Trinajstić information content (AvgIpc) is 2.94. The lowest BCUT2D eigenvalue weighted by Crippen LogP contribution is -2.24. The molecule has 0 radical (unpaired) electrons. The van der Waals surface area contributed by atoms with E-state index in [-0.39, 0.29) is 6.61 Å². The van der Waals surface area contributed by atoms with Crippen molar-refractivity contribution in [2.24, 2.45) is 0 Å². The van der Waals surface area contributed by atoms with Crippen LogP contribution in [0.4, 0.5) is 0 Å². The number of nitrogens with zero attached hydrogens (tertiary/aromatic N) is 1. The molecule has 2 aromatic rings. The third-order valence-corrected chi connectivity index (χ3v) is 4.35. The molecule has 0 saturated carbocycles. The molecule has 0 amide bonds. The molecule has 1 unspecified atom stereocenters. The molecule has 1 heterocycles. The first-order valence-electron chi connectivity index (χ1n) is 7.23. The van der Waals surface area contributed by atoms with Crippen molar-refractivity contribution < 1.29 is 14.9 Å². The van der Waals surface area contributed by atoms with Gasteiger partial charge in [0.15, 0.2) is 0 Å². The molecule has 5 heteroatoms. The third kappa shape index (κ3) is 5.05. The first-order chi connectivity index (χ1) is 10.2. The van der Waals surface area contributed by atoms with Crippen LogP contribution in [0.3, 0.4) is 0 Å². The second-order valence-electron chi connectivity index (χ2n) is 5.19. The average molecular weight is 309 g/mol. The van der Waals surface area contributed by atoms with Crippen LogP contribution in [0.1, 0.15) is 18.1 Å². The Morgan fingerprint density at radius 2 is 2.14 bits per heavy atom. The Balaban J connectivity index is 1.70. The number of benzene rings is 1. The van der Waals surface area contributed by atoms with Crippen LogP contribution in [-0.4, -0.2) is 55.1 Å². The van der Waals surface area contributed by atoms with Crippen LogP contribution in [0.5, 0.6) is 0 Å². The van der Waals surface area contributed by atoms with Gasteiger partial charge in [-0.15, -0.1) is 11.3 Å². The van der Waals surface area contributed by atoms with Gasteiger partial charge in [0.1, 0.15) is 6.10 Å². The van der Waals surface area contributed by atoms with Crippen molar-refractivity contribution in [2.75, 3.05) is 40.0 Å². The van der Waals surface area contributed by atoms with Gasteiger partial charge in [-0.2, -0.15) is 0 Å². The molecular formula is C16H23NO3S. The van der Waals surface area contributed by atoms with E-state index < -0.39 is 6.10 Å². The minimum absolute atomic E-state index is 0.182. The van der Waals surface area contributed by atoms with Gasteiger partial charge in [-0.25, -0.2) is 0 Å². The number of hydrogen-bond donors (Lipinski definition) is 2. The van der Waals surface area contributed by atoms with E-state index in [2.05, 4.69) is 16.3 Å². The first-order valence-corrected chi connectivity index (χ1v) is 8.11. The molecule has 0 bridgehead atoms. The topological polar surface area (TPSA) is 52.9 Å². The van der Waals surface area contributed by atoms with Crippen molar-refractivity contribution in [1.29, 1.82) is 0 Å². The number of thiophene rings is 1. The van der Waals surface area contributed by atoms with Crippen molar-refractivity contribution in [1.82, 2.24) is 4.90 Å². The fraction of sp³-hybridized carbons (Fsp3) is 0.500. The summed E-state index contributed by atoms with van der Waals surface area (Å²) >= 11 is 1.70. The molecule has 1 aromatic heterocycles. The molecule has 0 spiro atoms. The van der Waals surface area contributed by atoms with Crippen molar-refractivity contribution in [2.45, 2.75) is 12.5 Å². The normalized spacial score (nSPS) is 13.1. The Morgan fingerprint density at radius 3 is 2.95 bits per heavy atom. The monoisotopic (exact) mass is 309 g/mol. The fourth-order valence-corrected chi connectivity index (χ4v) is 2.97. The zero-order chi connectivity index (χ0) is 15.1. The van der Waals surface area contributed by atoms with Gasteiger partial charge in [-0.3, -0.25) is 0 Å². The Bertz CT molecular complexity index is 543. The highest BCUT2D eigenvalue weighted by molar-refractivity contribution is 7.17. The summed E-state index contributed by atoms with van der Waals surface area (Å²) in [4.78, 5) is 2.06. The summed E-state index contributed by atoms with van der Waals surface area (Å²) in [5, 5.41) is 22.2. The maximum absolute atomic E-state index is 10.1. The van der Waals surface area contributed by atoms with Gasteiger partial charge in [0, 0.05) is 24.4 Å². The molecule has 0 saturated heterocycles. The number of aliphatic hydroxyl groups is 2. The van der Waals surface area contributed by atoms with Gasteiger partial charge in [0.05, 0.1) is 13.2 Å². The molecule has 2 rings (SSSR count). The van der Waals surface area contributed by atoms with Crippen LogP contribution in [0.25, 0.3) is 10.1 Å². The zero-order valence-corrected chi connectivity index (χ0v) is 13.2. The van der Waals surface area contributed by atoms with Gasteiger partial charge in [0.2, 0.25) is 0 Å². The fourth-order valence-electron chi connectivity index (χ4n) is 2.20. The molecule has 0 fully saturated rings. The smallest absolute Gasteiger partial charge is 0.102 e. The van der Waals surface area contributed by atoms with Gasteiger partial charge in [-0.05, 0) is 48.0 Å². The maximum Gasteiger partial charge on any atom is 0.102 e. The SMILES string of the molecule is CN(CCO)CCCOCC(O)c1ccc2sccc2c1. The minimum Gasteiger partial charge on any atom is -0.395 e. The number of ether oxygens (including phenoxy) is 1. The standard InChI is InChI=1S/C16H23NO3S/c1-17(7-8-18)6-2-9-20-12-15(19)13-3-4-16-14(11-13)5-10-21-16/h3-5,10-11,15,18-19H,2,6-9,12H2,1H3. The quantitative estimate of drug-likeness (QED) is 0.698. The van der Waals surface area contributed by atoms with E-state index in [9.17, 15) is 5.11 Å². The molecule has 1 atom stereocenters. The van der Waals surface area contributed by atoms with Crippen LogP contribution in [0.15, 0.2) is 29.6 Å². The lowest BCUT2D eigenvalue weighted by atomic mass is 10.1. The second kappa shape index (κ2) is 8.46. The summed E-state index contributed by atoms with van der Waals surface area (Å²) in [6.45, 7) is 2.69. The van der Waals surface area contributed by atoms with E-state index in [1.165, 1.54) is 10.1 Å². The van der Waals surface area contributed by atoms with Crippen molar-refractivity contribution >= 4 is 21.4 Å². The third-order valence-electron chi connectivity index (χ3n) is 3.45. The maximum atomic E-state index is 10.1. The van der Waals surface area contributed by atoms with Gasteiger partial charge in [0.25, 0.3) is 0 Å². The second-order valence-corrected chi connectivity index (χ2v) is 6.14. The predicted molar refractivity (Wildman–Crippen MR) is 86.8 cm³/mol. The zero-order valence-electron chi connectivity index (χ0n) is 12.4. The minimum atomic E-state index is -0.579. The van der Waals surface area contributed by atoms with E-state index in [1.807, 2.05) is 25.2 Å². The van der Waals surface area contributed by atoms with Crippen molar-refractivity contribution in [3.63, 3.8) is 0 Å². The van der Waals surface area contributed by atoms with Crippen LogP contribution in [-0.2, 0) is 4.74 Å². The Morgan fingerprint density at radius 1 is 1.29 bits per heavy atom. The van der Waals surface area contributed by atoms with Crippen LogP contribution in [0, 0.1) is 0 Å². The van der Waals surface area contributed by atoms with Crippen LogP contribution in [0.2, 0.25) is 0 Å². The first kappa shape index (κ1) is 16.4. The number of likely N-dealkylation sites (N-methyl/N-ethyl adjacent to an activating group) is 1. The van der Waals surface area contributed by atoms with E-state index in [1.54, 1.807) is 11.3 Å². The molecule has 0 aliphatic carbocycles. The Labute approximate surface area is 129 Å². The molecule has 116 valence electrons. The highest BCUT2D eigenvalue weighted by atomic mass is 32.1. The van der Waals surface area contributed by atoms with Gasteiger partial charge >= 0.3 is 0 Å². The summed E-state index contributed by atoms with van der Waals surface area (Å²) in [5.74, 6) is 0. The number of aliphatic hydroxyl groups excluding tert-OH is 2. The lowest BCUT2D eigenvalue weighted by Gasteiger charge is -2.15. The molecular weight excluding hydrogens is 286 g/mol. The molecule has 2 N–H and O–H groups in total. The van der Waals surface area contributed by atoms with Crippen LogP contribution < -0.4 is 0 Å². The molecule has 1 aromatic carbocycles. The highest BCUT2D eigenvalue weighted by Gasteiger charge is 2.09. The van der Waals surface area contributed by atoms with Crippen molar-refractivity contribution in [3.05, 3.63) is 35.2 Å². The molecule has 0 aliphatic heterocycles. The number of rotatable bonds is 9. The van der Waals surface area contributed by atoms with E-state index >= 15 is 0 Å². The van der Waals surface area contributed by atoms with E-state index in [0.29, 0.717) is 19.8 Å². The summed E-state index contributed by atoms with van der Waals surface area (Å²) in [7, 11) is 1.97. The lowest BCUT2D eigenvalue weighted by molar-refractivity contribution is 0.0326. The Hall–Kier alpha value is -0.980. The van der Waals surface area contributed by atoms with Gasteiger partial charge in [-0.1, -0.05) is 6.07 Å². The van der Waals surface area contributed by atoms with Gasteiger partial charge < -0.3 is 19.8 Å². The number of fused-ring (bicyclic) bond motifs is 1. The van der Waals surface area contributed by atoms with E-state index in [4.69, 9.17) is 9.84 Å². The summed E-state index contributed by atoms with van der Waals surface area (Å²) in [6, 6.07) is 8.09. The molecule has 0 aliphatic rings. The van der Waals surface area contributed by atoms with E-state index in [0.717, 1.165) is 18.5 Å². The summed E-state index contributed by atoms with van der Waals surface area (Å²) < 4.78 is 6.77. The van der Waals surface area contributed by atoms with Crippen LogP contribution >= 0.6 is 11.3 Å². The largest absolute Gasteiger partial charge is 0.395 e. The summed E-state index contributed by atoms with van der Waals surface area (Å²) in [6.07, 6.45) is 0.316. The van der Waals surface area contributed by atoms with Crippen molar-refractivity contribution in [3.8, 4) is 0 Å². The number of hydrogen-bond acceptors (Lipinski definition) is 5. The predicted octanol–water partition coefficient (Wildman–Crippen LogP) is 2.27. The molecule has 21 heavy (non-hydrogen) atoms. The highest BCUT2D eigenvalue weighted by Crippen LogP contribution is 2.24. The molecule has 4 nitrogen and oxygen atoms in total. The Kier molecular flexibility index (Phi) is 6.60.